The van der Waals surface area contributed by atoms with Crippen LogP contribution >= 0.6 is 0 Å². The minimum Gasteiger partial charge on any atom is -0.370 e. The Labute approximate surface area is 118 Å². The van der Waals surface area contributed by atoms with Crippen LogP contribution in [0.25, 0.3) is 0 Å². The Morgan fingerprint density at radius 1 is 1.10 bits per heavy atom. The molecule has 0 atom stereocenters. The van der Waals surface area contributed by atoms with Crippen LogP contribution in [0.1, 0.15) is 31.2 Å². The lowest BCUT2D eigenvalue weighted by molar-refractivity contribution is 0.338. The first-order chi connectivity index (χ1) is 9.65. The molecule has 1 aliphatic heterocycles. The van der Waals surface area contributed by atoms with Crippen LogP contribution in [0, 0.1) is 11.6 Å². The van der Waals surface area contributed by atoms with E-state index in [1.165, 1.54) is 31.4 Å². The van der Waals surface area contributed by atoms with Crippen molar-refractivity contribution in [2.45, 2.75) is 32.1 Å². The average Bonchev–Trinajstić information content (AvgIpc) is 2.43. The smallest absolute Gasteiger partial charge is 0.191 e. The van der Waals surface area contributed by atoms with Crippen LogP contribution in [-0.2, 0) is 6.42 Å². The van der Waals surface area contributed by atoms with E-state index in [0.29, 0.717) is 24.5 Å². The van der Waals surface area contributed by atoms with Crippen molar-refractivity contribution in [3.63, 3.8) is 0 Å². The number of aliphatic imine (C=N–C) groups is 1. The van der Waals surface area contributed by atoms with Crippen LogP contribution in [0.3, 0.4) is 0 Å². The molecule has 0 unspecified atom stereocenters. The van der Waals surface area contributed by atoms with Gasteiger partial charge in [-0.25, -0.2) is 8.78 Å². The summed E-state index contributed by atoms with van der Waals surface area (Å²) in [4.78, 5) is 6.44. The number of piperidine rings is 1. The van der Waals surface area contributed by atoms with Gasteiger partial charge in [0.05, 0.1) is 0 Å². The maximum atomic E-state index is 13.0. The van der Waals surface area contributed by atoms with Gasteiger partial charge in [-0.3, -0.25) is 4.99 Å². The van der Waals surface area contributed by atoms with Gasteiger partial charge < -0.3 is 10.6 Å². The van der Waals surface area contributed by atoms with Crippen molar-refractivity contribution in [3.8, 4) is 0 Å². The summed E-state index contributed by atoms with van der Waals surface area (Å²) in [6, 6.07) is 3.61. The third-order valence-electron chi connectivity index (χ3n) is 3.50. The Balaban J connectivity index is 1.77. The Morgan fingerprint density at radius 3 is 2.40 bits per heavy atom. The summed E-state index contributed by atoms with van der Waals surface area (Å²) in [5, 5.41) is 0. The highest BCUT2D eigenvalue weighted by molar-refractivity contribution is 5.78. The molecule has 2 rings (SSSR count). The fourth-order valence-electron chi connectivity index (χ4n) is 2.46. The summed E-state index contributed by atoms with van der Waals surface area (Å²) in [7, 11) is 0. The van der Waals surface area contributed by atoms with Crippen LogP contribution < -0.4 is 5.73 Å². The van der Waals surface area contributed by atoms with Crippen molar-refractivity contribution in [3.05, 3.63) is 35.4 Å². The fraction of sp³-hybridized carbons (Fsp3) is 0.533. The number of nitrogens with two attached hydrogens (primary N) is 1. The first-order valence-electron chi connectivity index (χ1n) is 7.15. The van der Waals surface area contributed by atoms with Crippen molar-refractivity contribution >= 4 is 5.96 Å². The summed E-state index contributed by atoms with van der Waals surface area (Å²) >= 11 is 0. The Bertz CT molecular complexity index is 448. The van der Waals surface area contributed by atoms with E-state index in [2.05, 4.69) is 9.89 Å². The van der Waals surface area contributed by atoms with E-state index in [4.69, 9.17) is 5.73 Å². The lowest BCUT2D eigenvalue weighted by Gasteiger charge is -2.27. The molecule has 0 spiro atoms. The van der Waals surface area contributed by atoms with Gasteiger partial charge in [0.25, 0.3) is 0 Å². The molecular formula is C15H21F2N3. The predicted octanol–water partition coefficient (Wildman–Crippen LogP) is 2.70. The molecule has 1 saturated heterocycles. The third kappa shape index (κ3) is 4.47. The summed E-state index contributed by atoms with van der Waals surface area (Å²) in [6.07, 6.45) is 4.93. The van der Waals surface area contributed by atoms with Gasteiger partial charge in [0.15, 0.2) is 5.96 Å². The molecular weight excluding hydrogens is 260 g/mol. The van der Waals surface area contributed by atoms with Crippen LogP contribution in [0.4, 0.5) is 8.78 Å². The lowest BCUT2D eigenvalue weighted by Crippen LogP contribution is -2.40. The third-order valence-corrected chi connectivity index (χ3v) is 3.50. The Hall–Kier alpha value is -1.65. The number of nitrogens with zero attached hydrogens (tertiary/aromatic N) is 2. The molecule has 20 heavy (non-hydrogen) atoms. The second kappa shape index (κ2) is 7.22. The Morgan fingerprint density at radius 2 is 1.75 bits per heavy atom. The molecule has 1 aromatic rings. The minimum atomic E-state index is -0.531. The van der Waals surface area contributed by atoms with Gasteiger partial charge in [-0.1, -0.05) is 0 Å². The molecule has 0 aromatic heterocycles. The van der Waals surface area contributed by atoms with Crippen molar-refractivity contribution in [2.75, 3.05) is 19.6 Å². The van der Waals surface area contributed by atoms with Gasteiger partial charge in [-0.15, -0.1) is 0 Å². The number of guanidine groups is 1. The summed E-state index contributed by atoms with van der Waals surface area (Å²) in [6.45, 7) is 2.54. The number of likely N-dealkylation sites (tertiary alicyclic amines) is 1. The molecule has 5 heteroatoms. The maximum absolute atomic E-state index is 13.0. The standard InChI is InChI=1S/C15H21F2N3/c16-13-9-12(10-14(17)11-13)5-4-6-19-15(18)20-7-2-1-3-8-20/h9-11H,1-8H2,(H2,18,19). The molecule has 0 amide bonds. The molecule has 1 aliphatic rings. The zero-order valence-corrected chi connectivity index (χ0v) is 11.6. The highest BCUT2D eigenvalue weighted by Gasteiger charge is 2.11. The zero-order valence-electron chi connectivity index (χ0n) is 11.6. The highest BCUT2D eigenvalue weighted by atomic mass is 19.1. The second-order valence-electron chi connectivity index (χ2n) is 5.17. The normalized spacial score (nSPS) is 16.5. The van der Waals surface area contributed by atoms with Gasteiger partial charge in [0, 0.05) is 25.7 Å². The molecule has 0 bridgehead atoms. The average molecular weight is 281 g/mol. The van der Waals surface area contributed by atoms with Crippen molar-refractivity contribution < 1.29 is 8.78 Å². The molecule has 110 valence electrons. The molecule has 0 radical (unpaired) electrons. The number of hydrogen-bond donors (Lipinski definition) is 1. The van der Waals surface area contributed by atoms with Gasteiger partial charge in [-0.2, -0.15) is 0 Å². The van der Waals surface area contributed by atoms with E-state index in [1.54, 1.807) is 0 Å². The Kier molecular flexibility index (Phi) is 5.32. The fourth-order valence-corrected chi connectivity index (χ4v) is 2.46. The topological polar surface area (TPSA) is 41.6 Å². The van der Waals surface area contributed by atoms with E-state index >= 15 is 0 Å². The van der Waals surface area contributed by atoms with E-state index in [-0.39, 0.29) is 0 Å². The van der Waals surface area contributed by atoms with Crippen molar-refractivity contribution in [1.29, 1.82) is 0 Å². The number of halogens is 2. The van der Waals surface area contributed by atoms with Crippen molar-refractivity contribution in [1.82, 2.24) is 4.90 Å². The number of benzene rings is 1. The number of aryl methyl sites for hydroxylation is 1. The minimum absolute atomic E-state index is 0.531. The maximum Gasteiger partial charge on any atom is 0.191 e. The number of hydrogen-bond acceptors (Lipinski definition) is 1. The summed E-state index contributed by atoms with van der Waals surface area (Å²) in [5.41, 5.74) is 6.59. The quantitative estimate of drug-likeness (QED) is 0.524. The second-order valence-corrected chi connectivity index (χ2v) is 5.17. The van der Waals surface area contributed by atoms with Crippen LogP contribution in [0.5, 0.6) is 0 Å². The molecule has 3 nitrogen and oxygen atoms in total. The molecule has 1 aromatic carbocycles. The SMILES string of the molecule is NC(=NCCCc1cc(F)cc(F)c1)N1CCCCC1. The molecule has 2 N–H and O–H groups in total. The zero-order chi connectivity index (χ0) is 14.4. The first kappa shape index (κ1) is 14.8. The lowest BCUT2D eigenvalue weighted by atomic mass is 10.1. The summed E-state index contributed by atoms with van der Waals surface area (Å²) < 4.78 is 26.0. The highest BCUT2D eigenvalue weighted by Crippen LogP contribution is 2.10. The molecule has 0 aliphatic carbocycles. The van der Waals surface area contributed by atoms with Gasteiger partial charge in [0.2, 0.25) is 0 Å². The molecule has 1 heterocycles. The van der Waals surface area contributed by atoms with Gasteiger partial charge in [0.1, 0.15) is 11.6 Å². The van der Waals surface area contributed by atoms with E-state index < -0.39 is 11.6 Å². The first-order valence-corrected chi connectivity index (χ1v) is 7.15. The van der Waals surface area contributed by atoms with E-state index in [1.807, 2.05) is 0 Å². The number of rotatable bonds is 4. The van der Waals surface area contributed by atoms with E-state index in [9.17, 15) is 8.78 Å². The van der Waals surface area contributed by atoms with E-state index in [0.717, 1.165) is 25.6 Å². The van der Waals surface area contributed by atoms with Crippen LogP contribution in [0.15, 0.2) is 23.2 Å². The molecule has 1 fully saturated rings. The van der Waals surface area contributed by atoms with Crippen LogP contribution in [-0.4, -0.2) is 30.5 Å². The van der Waals surface area contributed by atoms with Gasteiger partial charge >= 0.3 is 0 Å². The summed E-state index contributed by atoms with van der Waals surface area (Å²) in [5.74, 6) is -0.470. The van der Waals surface area contributed by atoms with Gasteiger partial charge in [-0.05, 0) is 49.8 Å². The predicted molar refractivity (Wildman–Crippen MR) is 76.6 cm³/mol. The molecule has 0 saturated carbocycles. The van der Waals surface area contributed by atoms with Crippen LogP contribution in [0.2, 0.25) is 0 Å². The largest absolute Gasteiger partial charge is 0.370 e. The monoisotopic (exact) mass is 281 g/mol. The van der Waals surface area contributed by atoms with Crippen molar-refractivity contribution in [2.24, 2.45) is 10.7 Å².